The van der Waals surface area contributed by atoms with E-state index < -0.39 is 61.3 Å². The summed E-state index contributed by atoms with van der Waals surface area (Å²) in [5.74, 6) is 0.00911. The molecule has 2 atom stereocenters. The zero-order valence-corrected chi connectivity index (χ0v) is 23.1. The van der Waals surface area contributed by atoms with Gasteiger partial charge in [-0.2, -0.15) is 26.3 Å². The fourth-order valence-corrected chi connectivity index (χ4v) is 5.40. The van der Waals surface area contributed by atoms with E-state index in [9.17, 15) is 35.9 Å². The number of anilines is 1. The number of pyridine rings is 1. The number of benzene rings is 1. The third kappa shape index (κ3) is 7.35. The number of alkyl halides is 6. The number of carbonyl (C=O) groups is 2. The number of halogens is 7. The first-order valence-electron chi connectivity index (χ1n) is 12.8. The molecule has 0 unspecified atom stereocenters. The van der Waals surface area contributed by atoms with Gasteiger partial charge in [-0.1, -0.05) is 11.6 Å². The van der Waals surface area contributed by atoms with Crippen LogP contribution in [0.5, 0.6) is 0 Å². The molecule has 2 amide bonds. The van der Waals surface area contributed by atoms with Gasteiger partial charge >= 0.3 is 24.5 Å². The lowest BCUT2D eigenvalue weighted by Gasteiger charge is -2.44. The molecule has 2 aromatic rings. The molecule has 2 aliphatic rings. The van der Waals surface area contributed by atoms with Crippen molar-refractivity contribution in [3.8, 4) is 0 Å². The summed E-state index contributed by atoms with van der Waals surface area (Å²) < 4.78 is 91.0. The van der Waals surface area contributed by atoms with E-state index in [0.29, 0.717) is 0 Å². The SMILES string of the molecule is COC(=O)N(Cc1cc(CC(F)(F)F)cc(Cl)n1)[C@H]1C[C@@H](C2CC2)N(C(=O)OC(C)C)c2ccc(C(F)(F)F)cc21. The fourth-order valence-electron chi connectivity index (χ4n) is 5.15. The average Bonchev–Trinajstić information content (AvgIpc) is 3.68. The van der Waals surface area contributed by atoms with E-state index in [2.05, 4.69) is 4.98 Å². The maximum atomic E-state index is 13.8. The minimum Gasteiger partial charge on any atom is -0.453 e. The lowest BCUT2D eigenvalue weighted by molar-refractivity contribution is -0.137. The van der Waals surface area contributed by atoms with Gasteiger partial charge in [0.05, 0.1) is 49.2 Å². The predicted molar refractivity (Wildman–Crippen MR) is 136 cm³/mol. The topological polar surface area (TPSA) is 72.0 Å². The summed E-state index contributed by atoms with van der Waals surface area (Å²) in [5.41, 5.74) is -1.05. The summed E-state index contributed by atoms with van der Waals surface area (Å²) >= 11 is 5.99. The van der Waals surface area contributed by atoms with E-state index in [1.807, 2.05) is 0 Å². The molecule has 0 N–H and O–H groups in total. The molecule has 1 aromatic carbocycles. The molecule has 41 heavy (non-hydrogen) atoms. The predicted octanol–water partition coefficient (Wildman–Crippen LogP) is 7.70. The van der Waals surface area contributed by atoms with E-state index in [-0.39, 0.29) is 40.0 Å². The summed E-state index contributed by atoms with van der Waals surface area (Å²) in [6.07, 6.45) is -11.2. The zero-order valence-electron chi connectivity index (χ0n) is 22.4. The highest BCUT2D eigenvalue weighted by molar-refractivity contribution is 6.29. The van der Waals surface area contributed by atoms with Gasteiger partial charge in [-0.15, -0.1) is 0 Å². The van der Waals surface area contributed by atoms with Gasteiger partial charge < -0.3 is 9.47 Å². The van der Waals surface area contributed by atoms with Crippen LogP contribution in [-0.4, -0.2) is 47.5 Å². The number of amides is 2. The number of ether oxygens (including phenoxy) is 2. The Kier molecular flexibility index (Phi) is 8.68. The van der Waals surface area contributed by atoms with Crippen LogP contribution in [0.15, 0.2) is 30.3 Å². The maximum absolute atomic E-state index is 13.8. The Morgan fingerprint density at radius 1 is 1.12 bits per heavy atom. The highest BCUT2D eigenvalue weighted by Gasteiger charge is 2.48. The second-order valence-corrected chi connectivity index (χ2v) is 10.8. The quantitative estimate of drug-likeness (QED) is 0.249. The standard InChI is InChI=1S/C27H28ClF6N3O4/c1-14(2)41-25(39)37-20-7-6-17(27(32,33)34)10-19(20)22(11-21(37)16-4-5-16)36(24(38)40-3)13-18-8-15(9-23(28)35-18)12-26(29,30)31/h6-10,14,16,21-22H,4-5,11-13H2,1-3H3/t21-,22-/m0/s1. The number of nitrogens with zero attached hydrogens (tertiary/aromatic N) is 3. The van der Waals surface area contributed by atoms with Gasteiger partial charge in [-0.05, 0) is 80.5 Å². The molecule has 4 rings (SSSR count). The van der Waals surface area contributed by atoms with E-state index in [1.165, 1.54) is 11.0 Å². The first kappa shape index (κ1) is 30.7. The zero-order chi connectivity index (χ0) is 30.3. The van der Waals surface area contributed by atoms with Crippen LogP contribution >= 0.6 is 11.6 Å². The molecule has 7 nitrogen and oxygen atoms in total. The average molecular weight is 608 g/mol. The monoisotopic (exact) mass is 607 g/mol. The molecule has 1 saturated carbocycles. The number of methoxy groups -OCH3 is 1. The van der Waals surface area contributed by atoms with E-state index in [0.717, 1.165) is 49.1 Å². The molecular weight excluding hydrogens is 580 g/mol. The third-order valence-corrected chi connectivity index (χ3v) is 7.09. The van der Waals surface area contributed by atoms with Crippen molar-refractivity contribution in [1.82, 2.24) is 9.88 Å². The van der Waals surface area contributed by atoms with Crippen molar-refractivity contribution in [1.29, 1.82) is 0 Å². The number of hydrogen-bond donors (Lipinski definition) is 0. The molecule has 1 aromatic heterocycles. The second-order valence-electron chi connectivity index (χ2n) is 10.4. The van der Waals surface area contributed by atoms with Crippen LogP contribution in [0, 0.1) is 5.92 Å². The van der Waals surface area contributed by atoms with Gasteiger partial charge in [-0.3, -0.25) is 9.80 Å². The van der Waals surface area contributed by atoms with Crippen LogP contribution < -0.4 is 4.90 Å². The Bertz CT molecular complexity index is 1300. The first-order valence-corrected chi connectivity index (χ1v) is 13.2. The van der Waals surface area contributed by atoms with Crippen molar-refractivity contribution < 1.29 is 45.4 Å². The smallest absolute Gasteiger partial charge is 0.416 e. The maximum Gasteiger partial charge on any atom is 0.416 e. The normalized spacial score (nSPS) is 19.1. The largest absolute Gasteiger partial charge is 0.453 e. The minimum absolute atomic E-state index is 0.00911. The number of fused-ring (bicyclic) bond motifs is 1. The van der Waals surface area contributed by atoms with Crippen LogP contribution in [0.25, 0.3) is 0 Å². The molecule has 0 spiro atoms. The Hall–Kier alpha value is -3.22. The Morgan fingerprint density at radius 2 is 1.80 bits per heavy atom. The molecule has 14 heteroatoms. The highest BCUT2D eigenvalue weighted by atomic mass is 35.5. The summed E-state index contributed by atoms with van der Waals surface area (Å²) in [7, 11) is 1.08. The second kappa shape index (κ2) is 11.6. The number of aromatic nitrogens is 1. The molecule has 0 radical (unpaired) electrons. The van der Waals surface area contributed by atoms with Crippen molar-refractivity contribution in [2.75, 3.05) is 12.0 Å². The summed E-state index contributed by atoms with van der Waals surface area (Å²) in [6, 6.07) is 3.52. The van der Waals surface area contributed by atoms with Gasteiger partial charge in [0.15, 0.2) is 0 Å². The molecule has 1 aliphatic carbocycles. The van der Waals surface area contributed by atoms with E-state index in [4.69, 9.17) is 21.1 Å². The molecular formula is C27H28ClF6N3O4. The Morgan fingerprint density at radius 3 is 2.37 bits per heavy atom. The molecule has 224 valence electrons. The summed E-state index contributed by atoms with van der Waals surface area (Å²) in [4.78, 5) is 32.8. The van der Waals surface area contributed by atoms with Crippen LogP contribution in [0.1, 0.15) is 61.5 Å². The Labute approximate surface area is 237 Å². The summed E-state index contributed by atoms with van der Waals surface area (Å²) in [5, 5.41) is -0.242. The van der Waals surface area contributed by atoms with E-state index >= 15 is 0 Å². The molecule has 0 bridgehead atoms. The lowest BCUT2D eigenvalue weighted by atomic mass is 9.87. The van der Waals surface area contributed by atoms with Crippen molar-refractivity contribution in [2.45, 2.75) is 76.6 Å². The van der Waals surface area contributed by atoms with Gasteiger partial charge in [0.25, 0.3) is 0 Å². The lowest BCUT2D eigenvalue weighted by Crippen LogP contribution is -2.50. The molecule has 2 heterocycles. The van der Waals surface area contributed by atoms with Crippen LogP contribution in [0.3, 0.4) is 0 Å². The van der Waals surface area contributed by atoms with Crippen molar-refractivity contribution in [3.63, 3.8) is 0 Å². The fraction of sp³-hybridized carbons (Fsp3) is 0.519. The summed E-state index contributed by atoms with van der Waals surface area (Å²) in [6.45, 7) is 2.88. The minimum atomic E-state index is -4.73. The van der Waals surface area contributed by atoms with Crippen molar-refractivity contribution >= 4 is 29.5 Å². The first-order chi connectivity index (χ1) is 19.1. The third-order valence-electron chi connectivity index (χ3n) is 6.90. The molecule has 0 saturated heterocycles. The van der Waals surface area contributed by atoms with Crippen LogP contribution in [0.4, 0.5) is 41.6 Å². The number of rotatable bonds is 6. The van der Waals surface area contributed by atoms with Gasteiger partial charge in [0.1, 0.15) is 5.15 Å². The van der Waals surface area contributed by atoms with Crippen molar-refractivity contribution in [3.05, 3.63) is 57.9 Å². The number of hydrogen-bond acceptors (Lipinski definition) is 5. The van der Waals surface area contributed by atoms with Crippen LogP contribution in [-0.2, 0) is 28.6 Å². The molecule has 1 fully saturated rings. The number of carbonyl (C=O) groups excluding carboxylic acids is 2. The molecule has 1 aliphatic heterocycles. The van der Waals surface area contributed by atoms with Gasteiger partial charge in [-0.25, -0.2) is 14.6 Å². The Balaban J connectivity index is 1.83. The van der Waals surface area contributed by atoms with Gasteiger partial charge in [0.2, 0.25) is 0 Å². The van der Waals surface area contributed by atoms with E-state index in [1.54, 1.807) is 13.8 Å². The van der Waals surface area contributed by atoms with Gasteiger partial charge in [0, 0.05) is 6.04 Å². The van der Waals surface area contributed by atoms with Crippen molar-refractivity contribution in [2.24, 2.45) is 5.92 Å². The van der Waals surface area contributed by atoms with Crippen LogP contribution in [0.2, 0.25) is 5.15 Å². The highest BCUT2D eigenvalue weighted by Crippen LogP contribution is 2.50.